The van der Waals surface area contributed by atoms with Gasteiger partial charge in [0.15, 0.2) is 5.82 Å². The van der Waals surface area contributed by atoms with E-state index in [1.807, 2.05) is 0 Å². The number of likely N-dealkylation sites (N-methyl/N-ethyl adjacent to an activating group) is 1. The van der Waals surface area contributed by atoms with Crippen LogP contribution in [-0.2, 0) is 5.41 Å². The highest BCUT2D eigenvalue weighted by Crippen LogP contribution is 2.46. The predicted molar refractivity (Wildman–Crippen MR) is 100 cm³/mol. The van der Waals surface area contributed by atoms with Crippen molar-refractivity contribution in [2.75, 3.05) is 26.7 Å². The second-order valence-corrected chi connectivity index (χ2v) is 7.32. The highest BCUT2D eigenvalue weighted by molar-refractivity contribution is 5.85. The summed E-state index contributed by atoms with van der Waals surface area (Å²) in [6, 6.07) is 8.99. The SMILES string of the molecule is Cc1cccc(C2(c3nc(C4CNCCN4C)no3)CCCC2)c1.Cl. The van der Waals surface area contributed by atoms with Crippen molar-refractivity contribution >= 4 is 12.4 Å². The van der Waals surface area contributed by atoms with Gasteiger partial charge in [-0.25, -0.2) is 0 Å². The molecule has 1 atom stereocenters. The Hall–Kier alpha value is -1.43. The van der Waals surface area contributed by atoms with Gasteiger partial charge in [0, 0.05) is 19.6 Å². The second kappa shape index (κ2) is 7.44. The van der Waals surface area contributed by atoms with Gasteiger partial charge in [-0.2, -0.15) is 4.98 Å². The van der Waals surface area contributed by atoms with Gasteiger partial charge in [-0.1, -0.05) is 47.8 Å². The summed E-state index contributed by atoms with van der Waals surface area (Å²) in [7, 11) is 2.13. The van der Waals surface area contributed by atoms with Crippen molar-refractivity contribution in [1.82, 2.24) is 20.4 Å². The number of piperazine rings is 1. The maximum Gasteiger partial charge on any atom is 0.237 e. The summed E-state index contributed by atoms with van der Waals surface area (Å²) in [6.45, 7) is 5.06. The van der Waals surface area contributed by atoms with Crippen LogP contribution < -0.4 is 5.32 Å². The predicted octanol–water partition coefficient (Wildman–Crippen LogP) is 3.24. The second-order valence-electron chi connectivity index (χ2n) is 7.32. The first-order valence-electron chi connectivity index (χ1n) is 9.01. The Bertz CT molecular complexity index is 711. The summed E-state index contributed by atoms with van der Waals surface area (Å²) in [5, 5.41) is 7.79. The lowest BCUT2D eigenvalue weighted by atomic mass is 9.78. The molecular formula is C19H27ClN4O. The maximum atomic E-state index is 5.83. The van der Waals surface area contributed by atoms with Crippen molar-refractivity contribution in [2.45, 2.75) is 44.1 Å². The Balaban J connectivity index is 0.00000182. The van der Waals surface area contributed by atoms with Gasteiger partial charge in [0.2, 0.25) is 5.89 Å². The molecule has 1 saturated carbocycles. The Kier molecular flexibility index (Phi) is 5.46. The molecular weight excluding hydrogens is 336 g/mol. The lowest BCUT2D eigenvalue weighted by Crippen LogP contribution is -2.44. The third-order valence-corrected chi connectivity index (χ3v) is 5.69. The van der Waals surface area contributed by atoms with Gasteiger partial charge < -0.3 is 9.84 Å². The van der Waals surface area contributed by atoms with Crippen LogP contribution in [0.25, 0.3) is 0 Å². The van der Waals surface area contributed by atoms with E-state index in [9.17, 15) is 0 Å². The Morgan fingerprint density at radius 1 is 1.28 bits per heavy atom. The lowest BCUT2D eigenvalue weighted by Gasteiger charge is -2.30. The molecule has 2 aliphatic rings. The van der Waals surface area contributed by atoms with Crippen LogP contribution in [0.2, 0.25) is 0 Å². The molecule has 2 fully saturated rings. The van der Waals surface area contributed by atoms with Crippen molar-refractivity contribution in [1.29, 1.82) is 0 Å². The lowest BCUT2D eigenvalue weighted by molar-refractivity contribution is 0.190. The van der Waals surface area contributed by atoms with Gasteiger partial charge >= 0.3 is 0 Å². The average Bonchev–Trinajstić information content (AvgIpc) is 3.25. The first-order valence-corrected chi connectivity index (χ1v) is 9.01. The fraction of sp³-hybridized carbons (Fsp3) is 0.579. The molecule has 6 heteroatoms. The first-order chi connectivity index (χ1) is 11.7. The van der Waals surface area contributed by atoms with Crippen LogP contribution in [0, 0.1) is 6.92 Å². The largest absolute Gasteiger partial charge is 0.338 e. The Morgan fingerprint density at radius 3 is 2.80 bits per heavy atom. The van der Waals surface area contributed by atoms with E-state index in [2.05, 4.69) is 53.6 Å². The van der Waals surface area contributed by atoms with Crippen LogP contribution in [0.3, 0.4) is 0 Å². The number of halogens is 1. The minimum Gasteiger partial charge on any atom is -0.338 e. The van der Waals surface area contributed by atoms with E-state index in [0.717, 1.165) is 44.2 Å². The standard InChI is InChI=1S/C19H26N4O.ClH/c1-14-6-5-7-15(12-14)19(8-3-4-9-19)18-21-17(22-24-18)16-13-20-10-11-23(16)2;/h5-7,12,16,20H,3-4,8-11,13H2,1-2H3;1H. The summed E-state index contributed by atoms with van der Waals surface area (Å²) in [6.07, 6.45) is 4.63. The van der Waals surface area contributed by atoms with E-state index in [1.165, 1.54) is 24.0 Å². The summed E-state index contributed by atoms with van der Waals surface area (Å²) >= 11 is 0. The van der Waals surface area contributed by atoms with Gasteiger partial charge in [0.05, 0.1) is 11.5 Å². The highest BCUT2D eigenvalue weighted by atomic mass is 35.5. The summed E-state index contributed by atoms with van der Waals surface area (Å²) in [5.74, 6) is 1.62. The van der Waals surface area contributed by atoms with E-state index >= 15 is 0 Å². The summed E-state index contributed by atoms with van der Waals surface area (Å²) in [5.41, 5.74) is 2.51. The molecule has 0 spiro atoms. The zero-order valence-corrected chi connectivity index (χ0v) is 15.8. The molecule has 0 radical (unpaired) electrons. The number of aromatic nitrogens is 2. The Morgan fingerprint density at radius 2 is 2.08 bits per heavy atom. The first kappa shape index (κ1) is 18.4. The molecule has 1 aliphatic heterocycles. The number of nitrogens with zero attached hydrogens (tertiary/aromatic N) is 3. The fourth-order valence-corrected chi connectivity index (χ4v) is 4.21. The molecule has 1 aromatic heterocycles. The number of hydrogen-bond acceptors (Lipinski definition) is 5. The van der Waals surface area contributed by atoms with Crippen molar-refractivity contribution in [3.63, 3.8) is 0 Å². The van der Waals surface area contributed by atoms with E-state index < -0.39 is 0 Å². The van der Waals surface area contributed by atoms with Crippen LogP contribution in [0.15, 0.2) is 28.8 Å². The normalized spacial score (nSPS) is 23.4. The van der Waals surface area contributed by atoms with Crippen LogP contribution >= 0.6 is 12.4 Å². The number of aryl methyl sites for hydroxylation is 1. The number of rotatable bonds is 3. The van der Waals surface area contributed by atoms with Gasteiger partial charge in [0.25, 0.3) is 0 Å². The monoisotopic (exact) mass is 362 g/mol. The number of hydrogen-bond donors (Lipinski definition) is 1. The molecule has 0 bridgehead atoms. The van der Waals surface area contributed by atoms with Crippen LogP contribution in [0.5, 0.6) is 0 Å². The molecule has 5 nitrogen and oxygen atoms in total. The molecule has 2 aromatic rings. The molecule has 136 valence electrons. The fourth-order valence-electron chi connectivity index (χ4n) is 4.21. The zero-order chi connectivity index (χ0) is 16.6. The zero-order valence-electron chi connectivity index (χ0n) is 15.0. The van der Waals surface area contributed by atoms with E-state index in [1.54, 1.807) is 0 Å². The van der Waals surface area contributed by atoms with Gasteiger partial charge in [0.1, 0.15) is 0 Å². The molecule has 1 unspecified atom stereocenters. The molecule has 1 N–H and O–H groups in total. The minimum absolute atomic E-state index is 0. The number of benzene rings is 1. The molecule has 1 saturated heterocycles. The molecule has 0 amide bonds. The van der Waals surface area contributed by atoms with Crippen molar-refractivity contribution in [3.05, 3.63) is 47.1 Å². The minimum atomic E-state index is -0.0993. The molecule has 25 heavy (non-hydrogen) atoms. The molecule has 2 heterocycles. The van der Waals surface area contributed by atoms with Gasteiger partial charge in [-0.15, -0.1) is 12.4 Å². The van der Waals surface area contributed by atoms with E-state index in [4.69, 9.17) is 9.51 Å². The quantitative estimate of drug-likeness (QED) is 0.908. The molecule has 1 aliphatic carbocycles. The molecule has 4 rings (SSSR count). The van der Waals surface area contributed by atoms with Crippen LogP contribution in [0.1, 0.15) is 54.6 Å². The van der Waals surface area contributed by atoms with Crippen LogP contribution in [0.4, 0.5) is 0 Å². The Labute approximate surface area is 155 Å². The smallest absolute Gasteiger partial charge is 0.237 e. The highest BCUT2D eigenvalue weighted by Gasteiger charge is 2.43. The van der Waals surface area contributed by atoms with Crippen LogP contribution in [-0.4, -0.2) is 41.7 Å². The summed E-state index contributed by atoms with van der Waals surface area (Å²) in [4.78, 5) is 7.19. The summed E-state index contributed by atoms with van der Waals surface area (Å²) < 4.78 is 5.83. The van der Waals surface area contributed by atoms with Crippen molar-refractivity contribution in [2.24, 2.45) is 0 Å². The molecule has 1 aromatic carbocycles. The topological polar surface area (TPSA) is 54.2 Å². The maximum absolute atomic E-state index is 5.83. The van der Waals surface area contributed by atoms with Crippen molar-refractivity contribution < 1.29 is 4.52 Å². The third-order valence-electron chi connectivity index (χ3n) is 5.69. The van der Waals surface area contributed by atoms with E-state index in [0.29, 0.717) is 0 Å². The van der Waals surface area contributed by atoms with Gasteiger partial charge in [-0.3, -0.25) is 4.90 Å². The average molecular weight is 363 g/mol. The van der Waals surface area contributed by atoms with E-state index in [-0.39, 0.29) is 23.9 Å². The third kappa shape index (κ3) is 3.33. The number of nitrogens with one attached hydrogen (secondary N) is 1. The van der Waals surface area contributed by atoms with Crippen molar-refractivity contribution in [3.8, 4) is 0 Å². The van der Waals surface area contributed by atoms with Gasteiger partial charge in [-0.05, 0) is 32.4 Å².